The molecule has 0 aromatic carbocycles. The van der Waals surface area contributed by atoms with Crippen LogP contribution in [0.2, 0.25) is 0 Å². The van der Waals surface area contributed by atoms with Gasteiger partial charge < -0.3 is 10.2 Å². The van der Waals surface area contributed by atoms with E-state index in [9.17, 15) is 9.90 Å². The molecule has 0 aliphatic heterocycles. The molecular formula is C11H16O3. The highest BCUT2D eigenvalue weighted by Gasteiger charge is 2.87. The molecule has 0 radical (unpaired) electrons. The molecule has 4 atom stereocenters. The Bertz CT molecular complexity index is 301. The van der Waals surface area contributed by atoms with E-state index < -0.39 is 5.97 Å². The van der Waals surface area contributed by atoms with E-state index in [1.165, 1.54) is 19.3 Å². The van der Waals surface area contributed by atoms with E-state index >= 15 is 0 Å². The van der Waals surface area contributed by atoms with Crippen LogP contribution in [-0.2, 0) is 4.79 Å². The lowest BCUT2D eigenvalue weighted by Gasteiger charge is -2.13. The molecule has 4 unspecified atom stereocenters. The van der Waals surface area contributed by atoms with Crippen LogP contribution < -0.4 is 0 Å². The lowest BCUT2D eigenvalue weighted by atomic mass is 9.93. The topological polar surface area (TPSA) is 57.5 Å². The second-order valence-electron chi connectivity index (χ2n) is 5.33. The van der Waals surface area contributed by atoms with Crippen LogP contribution in [0.1, 0.15) is 38.5 Å². The Morgan fingerprint density at radius 1 is 1.50 bits per heavy atom. The fourth-order valence-electron chi connectivity index (χ4n) is 4.15. The summed E-state index contributed by atoms with van der Waals surface area (Å²) in [6.07, 6.45) is 5.64. The van der Waals surface area contributed by atoms with Crippen LogP contribution in [0.15, 0.2) is 0 Å². The predicted molar refractivity (Wildman–Crippen MR) is 49.7 cm³/mol. The second-order valence-corrected chi connectivity index (χ2v) is 5.33. The normalized spacial score (nSPS) is 52.4. The van der Waals surface area contributed by atoms with Gasteiger partial charge in [0.1, 0.15) is 0 Å². The zero-order valence-corrected chi connectivity index (χ0v) is 8.20. The summed E-state index contributed by atoms with van der Waals surface area (Å²) in [5, 5.41) is 18.3. The summed E-state index contributed by atoms with van der Waals surface area (Å²) < 4.78 is 0. The smallest absolute Gasteiger partial charge is 0.303 e. The molecule has 3 saturated carbocycles. The fourth-order valence-corrected chi connectivity index (χ4v) is 4.15. The molecule has 3 nitrogen and oxygen atoms in total. The summed E-state index contributed by atoms with van der Waals surface area (Å²) in [6.45, 7) is 0. The zero-order chi connectivity index (χ0) is 9.97. The molecule has 3 aliphatic rings. The van der Waals surface area contributed by atoms with Gasteiger partial charge >= 0.3 is 5.97 Å². The van der Waals surface area contributed by atoms with Gasteiger partial charge in [-0.15, -0.1) is 0 Å². The molecule has 1 spiro atoms. The van der Waals surface area contributed by atoms with Gasteiger partial charge in [-0.05, 0) is 43.4 Å². The van der Waals surface area contributed by atoms with Gasteiger partial charge in [-0.3, -0.25) is 4.79 Å². The third-order valence-corrected chi connectivity index (χ3v) is 4.93. The molecule has 0 aromatic rings. The Morgan fingerprint density at radius 2 is 2.29 bits per heavy atom. The van der Waals surface area contributed by atoms with Gasteiger partial charge in [0.05, 0.1) is 6.10 Å². The summed E-state index contributed by atoms with van der Waals surface area (Å²) in [5.74, 6) is -0.116. The number of hydrogen-bond acceptors (Lipinski definition) is 2. The number of aliphatic hydroxyl groups excluding tert-OH is 1. The average Bonchev–Trinajstić information content (AvgIpc) is 2.88. The first-order valence-electron chi connectivity index (χ1n) is 5.52. The highest BCUT2D eigenvalue weighted by Crippen LogP contribution is 2.89. The monoisotopic (exact) mass is 196 g/mol. The molecule has 3 rings (SSSR count). The third kappa shape index (κ3) is 0.800. The van der Waals surface area contributed by atoms with Crippen molar-refractivity contribution in [2.45, 2.75) is 44.6 Å². The molecule has 0 amide bonds. The maximum atomic E-state index is 10.4. The standard InChI is InChI=1S/C11H16O3/c12-8(13)2-1-4-10-5-3-7-9(14)11(7,10)6-10/h7,9,14H,1-6H2,(H,12,13). The molecule has 0 saturated heterocycles. The van der Waals surface area contributed by atoms with E-state index in [-0.39, 0.29) is 11.5 Å². The van der Waals surface area contributed by atoms with Crippen molar-refractivity contribution in [3.05, 3.63) is 0 Å². The predicted octanol–water partition coefficient (Wildman–Crippen LogP) is 1.40. The average molecular weight is 196 g/mol. The summed E-state index contributed by atoms with van der Waals surface area (Å²) in [5.41, 5.74) is 0.651. The zero-order valence-electron chi connectivity index (χ0n) is 8.20. The Labute approximate surface area is 83.1 Å². The summed E-state index contributed by atoms with van der Waals surface area (Å²) >= 11 is 0. The van der Waals surface area contributed by atoms with E-state index in [4.69, 9.17) is 5.11 Å². The van der Waals surface area contributed by atoms with Gasteiger partial charge in [0.2, 0.25) is 0 Å². The molecule has 2 N–H and O–H groups in total. The number of aliphatic carboxylic acids is 1. The van der Waals surface area contributed by atoms with Gasteiger partial charge in [0.25, 0.3) is 0 Å². The third-order valence-electron chi connectivity index (χ3n) is 4.93. The number of hydrogen-bond donors (Lipinski definition) is 2. The Balaban J connectivity index is 1.58. The lowest BCUT2D eigenvalue weighted by molar-refractivity contribution is -0.137. The lowest BCUT2D eigenvalue weighted by Crippen LogP contribution is -2.07. The summed E-state index contributed by atoms with van der Waals surface area (Å²) in [6, 6.07) is 0. The SMILES string of the molecule is O=C(O)CCCC12CCC3C(O)C31C2. The van der Waals surface area contributed by atoms with E-state index in [1.54, 1.807) is 0 Å². The van der Waals surface area contributed by atoms with Crippen LogP contribution in [-0.4, -0.2) is 22.3 Å². The molecule has 0 bridgehead atoms. The van der Waals surface area contributed by atoms with E-state index in [0.29, 0.717) is 17.8 Å². The summed E-state index contributed by atoms with van der Waals surface area (Å²) in [4.78, 5) is 10.4. The molecule has 78 valence electrons. The minimum Gasteiger partial charge on any atom is -0.481 e. The Hall–Kier alpha value is -0.570. The molecule has 3 fully saturated rings. The van der Waals surface area contributed by atoms with Crippen LogP contribution in [0.3, 0.4) is 0 Å². The largest absolute Gasteiger partial charge is 0.481 e. The van der Waals surface area contributed by atoms with Crippen molar-refractivity contribution >= 4 is 5.97 Å². The van der Waals surface area contributed by atoms with Gasteiger partial charge in [-0.2, -0.15) is 0 Å². The number of carboxylic acid groups (broad SMARTS) is 1. The molecule has 0 aromatic heterocycles. The molecular weight excluding hydrogens is 180 g/mol. The first-order chi connectivity index (χ1) is 6.62. The minimum absolute atomic E-state index is 0.0407. The van der Waals surface area contributed by atoms with Crippen LogP contribution in [0.4, 0.5) is 0 Å². The van der Waals surface area contributed by atoms with Crippen molar-refractivity contribution in [3.63, 3.8) is 0 Å². The van der Waals surface area contributed by atoms with Crippen LogP contribution in [0.25, 0.3) is 0 Å². The first kappa shape index (κ1) is 8.72. The highest BCUT2D eigenvalue weighted by atomic mass is 16.4. The minimum atomic E-state index is -0.693. The van der Waals surface area contributed by atoms with Crippen molar-refractivity contribution in [3.8, 4) is 0 Å². The van der Waals surface area contributed by atoms with Crippen LogP contribution in [0.5, 0.6) is 0 Å². The van der Waals surface area contributed by atoms with E-state index in [0.717, 1.165) is 12.8 Å². The van der Waals surface area contributed by atoms with Crippen molar-refractivity contribution in [2.75, 3.05) is 0 Å². The van der Waals surface area contributed by atoms with Crippen LogP contribution in [0, 0.1) is 16.7 Å². The Kier molecular flexibility index (Phi) is 1.45. The number of carboxylic acids is 1. The second kappa shape index (κ2) is 2.32. The van der Waals surface area contributed by atoms with Gasteiger partial charge in [0.15, 0.2) is 0 Å². The quantitative estimate of drug-likeness (QED) is 0.714. The molecule has 0 heterocycles. The number of aliphatic hydroxyl groups is 1. The van der Waals surface area contributed by atoms with Crippen LogP contribution >= 0.6 is 0 Å². The van der Waals surface area contributed by atoms with Crippen molar-refractivity contribution < 1.29 is 15.0 Å². The van der Waals surface area contributed by atoms with Crippen molar-refractivity contribution in [1.82, 2.24) is 0 Å². The van der Waals surface area contributed by atoms with Crippen molar-refractivity contribution in [1.29, 1.82) is 0 Å². The highest BCUT2D eigenvalue weighted by molar-refractivity contribution is 5.66. The number of carbonyl (C=O) groups is 1. The van der Waals surface area contributed by atoms with Gasteiger partial charge in [-0.1, -0.05) is 0 Å². The van der Waals surface area contributed by atoms with E-state index in [2.05, 4.69) is 0 Å². The molecule has 14 heavy (non-hydrogen) atoms. The molecule has 3 aliphatic carbocycles. The maximum absolute atomic E-state index is 10.4. The summed E-state index contributed by atoms with van der Waals surface area (Å²) in [7, 11) is 0. The Morgan fingerprint density at radius 3 is 2.79 bits per heavy atom. The number of rotatable bonds is 4. The first-order valence-corrected chi connectivity index (χ1v) is 5.52. The van der Waals surface area contributed by atoms with Gasteiger partial charge in [0, 0.05) is 11.8 Å². The molecule has 3 heteroatoms. The maximum Gasteiger partial charge on any atom is 0.303 e. The fraction of sp³-hybridized carbons (Fsp3) is 0.909. The van der Waals surface area contributed by atoms with Gasteiger partial charge in [-0.25, -0.2) is 0 Å². The van der Waals surface area contributed by atoms with Crippen molar-refractivity contribution in [2.24, 2.45) is 16.7 Å². The van der Waals surface area contributed by atoms with E-state index in [1.807, 2.05) is 0 Å².